The lowest BCUT2D eigenvalue weighted by Gasteiger charge is -2.39. The molecule has 0 aliphatic heterocycles. The van der Waals surface area contributed by atoms with Crippen LogP contribution in [0, 0.1) is 0 Å². The highest BCUT2D eigenvalue weighted by Gasteiger charge is 2.41. The normalized spacial score (nSPS) is 13.8. The van der Waals surface area contributed by atoms with Gasteiger partial charge < -0.3 is 14.1 Å². The number of amides is 1. The number of nitrogens with zero attached hydrogens (tertiary/aromatic N) is 1. The minimum absolute atomic E-state index is 0.0358. The van der Waals surface area contributed by atoms with Crippen molar-refractivity contribution in [1.82, 2.24) is 4.90 Å². The zero-order chi connectivity index (χ0) is 23.9. The molecule has 1 amide bonds. The fourth-order valence-electron chi connectivity index (χ4n) is 2.42. The van der Waals surface area contributed by atoms with Gasteiger partial charge in [-0.3, -0.25) is 4.79 Å². The van der Waals surface area contributed by atoms with Crippen LogP contribution in [0.5, 0.6) is 0 Å². The lowest BCUT2D eigenvalue weighted by Crippen LogP contribution is -2.49. The van der Waals surface area contributed by atoms with Crippen molar-refractivity contribution < 1.29 is 18.8 Å². The topological polar surface area (TPSA) is 55.8 Å². The minimum Gasteiger partial charge on any atom is -0.463 e. The van der Waals surface area contributed by atoms with E-state index < -0.39 is 30.0 Å². The fourth-order valence-corrected chi connectivity index (χ4v) is 3.77. The number of carbonyl (C=O) groups excluding carboxylic acids is 2. The molecule has 174 valence electrons. The van der Waals surface area contributed by atoms with Crippen LogP contribution in [0.1, 0.15) is 33.3 Å². The molecule has 0 aliphatic rings. The Balaban J connectivity index is 3.30. The van der Waals surface area contributed by atoms with Gasteiger partial charge in [-0.25, -0.2) is 4.79 Å². The second kappa shape index (κ2) is 11.7. The molecule has 31 heavy (non-hydrogen) atoms. The number of hydrogen-bond acceptors (Lipinski definition) is 4. The lowest BCUT2D eigenvalue weighted by molar-refractivity contribution is -0.137. The van der Waals surface area contributed by atoms with Gasteiger partial charge in [0.2, 0.25) is 0 Å². The Morgan fingerprint density at radius 3 is 2.19 bits per heavy atom. The molecule has 9 heteroatoms. The molecule has 1 rings (SSSR count). The maximum absolute atomic E-state index is 13.0. The summed E-state index contributed by atoms with van der Waals surface area (Å²) in [6.45, 7) is 12.9. The average Bonchev–Trinajstić information content (AvgIpc) is 2.65. The summed E-state index contributed by atoms with van der Waals surface area (Å²) in [4.78, 5) is 26.4. The first-order valence-corrected chi connectivity index (χ1v) is 14.1. The highest BCUT2D eigenvalue weighted by molar-refractivity contribution is 6.76. The maximum Gasteiger partial charge on any atom is 0.330 e. The van der Waals surface area contributed by atoms with Crippen LogP contribution in [0.4, 0.5) is 0 Å². The summed E-state index contributed by atoms with van der Waals surface area (Å²) in [6.07, 6.45) is 2.86. The number of ether oxygens (including phenoxy) is 1. The van der Waals surface area contributed by atoms with Crippen LogP contribution in [0.3, 0.4) is 0 Å². The number of halogens is 3. The van der Waals surface area contributed by atoms with Gasteiger partial charge in [-0.05, 0) is 30.6 Å². The summed E-state index contributed by atoms with van der Waals surface area (Å²) in [5, 5.41) is -0.0358. The molecule has 5 nitrogen and oxygen atoms in total. The molecule has 0 saturated heterocycles. The van der Waals surface area contributed by atoms with Gasteiger partial charge in [0.1, 0.15) is 0 Å². The minimum atomic E-state index is -2.15. The van der Waals surface area contributed by atoms with Crippen molar-refractivity contribution in [1.29, 1.82) is 0 Å². The number of rotatable bonds is 9. The van der Waals surface area contributed by atoms with Crippen LogP contribution in [0.15, 0.2) is 42.5 Å². The first-order chi connectivity index (χ1) is 14.2. The molecule has 1 unspecified atom stereocenters. The average molecular weight is 509 g/mol. The van der Waals surface area contributed by atoms with Gasteiger partial charge in [-0.1, -0.05) is 92.0 Å². The van der Waals surface area contributed by atoms with E-state index in [2.05, 4.69) is 33.9 Å². The van der Waals surface area contributed by atoms with Crippen molar-refractivity contribution in [2.75, 3.05) is 13.2 Å². The van der Waals surface area contributed by atoms with Gasteiger partial charge in [0, 0.05) is 12.6 Å². The van der Waals surface area contributed by atoms with E-state index in [1.807, 2.05) is 30.3 Å². The Kier molecular flexibility index (Phi) is 10.6. The third-order valence-electron chi connectivity index (χ3n) is 5.26. The van der Waals surface area contributed by atoms with Crippen molar-refractivity contribution in [3.63, 3.8) is 0 Å². The number of benzene rings is 1. The summed E-state index contributed by atoms with van der Waals surface area (Å²) >= 11 is 17.9. The van der Waals surface area contributed by atoms with Crippen molar-refractivity contribution >= 4 is 55.0 Å². The Hall–Kier alpha value is -1.05. The van der Waals surface area contributed by atoms with Gasteiger partial charge in [0.15, 0.2) is 8.32 Å². The van der Waals surface area contributed by atoms with E-state index >= 15 is 0 Å². The molecule has 1 aromatic rings. The van der Waals surface area contributed by atoms with E-state index in [0.717, 1.165) is 5.56 Å². The van der Waals surface area contributed by atoms with Crippen LogP contribution in [-0.2, 0) is 25.3 Å². The molecule has 0 radical (unpaired) electrons. The Morgan fingerprint density at radius 2 is 1.71 bits per heavy atom. The molecule has 0 N–H and O–H groups in total. The van der Waals surface area contributed by atoms with Gasteiger partial charge in [0.25, 0.3) is 9.70 Å². The smallest absolute Gasteiger partial charge is 0.330 e. The largest absolute Gasteiger partial charge is 0.463 e. The quantitative estimate of drug-likeness (QED) is 0.180. The zero-order valence-electron chi connectivity index (χ0n) is 19.0. The van der Waals surface area contributed by atoms with Gasteiger partial charge in [-0.15, -0.1) is 0 Å². The number of esters is 1. The van der Waals surface area contributed by atoms with Crippen molar-refractivity contribution in [2.24, 2.45) is 0 Å². The predicted octanol–water partition coefficient (Wildman–Crippen LogP) is 5.90. The molecule has 0 spiro atoms. The third kappa shape index (κ3) is 9.14. The summed E-state index contributed by atoms with van der Waals surface area (Å²) in [5.74, 6) is -1.21. The van der Waals surface area contributed by atoms with E-state index in [1.54, 1.807) is 13.0 Å². The Bertz CT molecular complexity index is 758. The van der Waals surface area contributed by atoms with Gasteiger partial charge in [0.05, 0.1) is 19.3 Å². The number of hydrogen-bond donors (Lipinski definition) is 0. The molecular weight excluding hydrogens is 477 g/mol. The van der Waals surface area contributed by atoms with Gasteiger partial charge >= 0.3 is 5.97 Å². The first kappa shape index (κ1) is 28.0. The fraction of sp³-hybridized carbons (Fsp3) is 0.545. The monoisotopic (exact) mass is 507 g/mol. The molecule has 0 aromatic heterocycles. The van der Waals surface area contributed by atoms with Crippen LogP contribution >= 0.6 is 34.8 Å². The van der Waals surface area contributed by atoms with E-state index in [1.165, 1.54) is 11.0 Å². The Labute approximate surface area is 201 Å². The zero-order valence-corrected chi connectivity index (χ0v) is 22.2. The van der Waals surface area contributed by atoms with Crippen LogP contribution < -0.4 is 0 Å². The molecule has 0 heterocycles. The highest BCUT2D eigenvalue weighted by Crippen LogP contribution is 2.37. The van der Waals surface area contributed by atoms with Crippen molar-refractivity contribution in [3.8, 4) is 0 Å². The molecule has 0 saturated carbocycles. The summed E-state index contributed by atoms with van der Waals surface area (Å²) in [6, 6.07) is 8.72. The maximum atomic E-state index is 13.0. The Morgan fingerprint density at radius 1 is 1.13 bits per heavy atom. The van der Waals surface area contributed by atoms with E-state index in [0.29, 0.717) is 0 Å². The first-order valence-electron chi connectivity index (χ1n) is 10.1. The molecule has 0 aliphatic carbocycles. The predicted molar refractivity (Wildman–Crippen MR) is 130 cm³/mol. The second-order valence-corrected chi connectivity index (χ2v) is 15.8. The highest BCUT2D eigenvalue weighted by atomic mass is 35.6. The number of carbonyl (C=O) groups is 2. The summed E-state index contributed by atoms with van der Waals surface area (Å²) in [5.41, 5.74) is 0.854. The van der Waals surface area contributed by atoms with Crippen LogP contribution in [0.25, 0.3) is 0 Å². The summed E-state index contributed by atoms with van der Waals surface area (Å²) in [7, 11) is -2.14. The number of alkyl halides is 3. The third-order valence-corrected chi connectivity index (χ3v) is 10.2. The second-order valence-electron chi connectivity index (χ2n) is 8.67. The van der Waals surface area contributed by atoms with Crippen molar-refractivity contribution in [2.45, 2.75) is 62.2 Å². The molecular formula is C22H32Cl3NO4Si. The van der Waals surface area contributed by atoms with Crippen LogP contribution in [-0.4, -0.2) is 48.1 Å². The SMILES string of the molecule is CCOC(=O)/C=C\C(CO[Si](C)(C)C(C)(C)C)N(Cc1ccccc1)C(=O)C(Cl)(Cl)Cl. The van der Waals surface area contributed by atoms with Crippen LogP contribution in [0.2, 0.25) is 18.1 Å². The standard InChI is InChI=1S/C22H32Cl3NO4Si/c1-7-29-19(27)14-13-18(16-30-31(5,6)21(2,3)4)26(20(28)22(23,24)25)15-17-11-9-8-10-12-17/h8-14,18H,7,15-16H2,1-6H3/b14-13-. The molecule has 0 fully saturated rings. The molecule has 1 atom stereocenters. The molecule has 1 aromatic carbocycles. The van der Waals surface area contributed by atoms with E-state index in [9.17, 15) is 9.59 Å². The summed E-state index contributed by atoms with van der Waals surface area (Å²) < 4.78 is 9.17. The van der Waals surface area contributed by atoms with E-state index in [-0.39, 0.29) is 24.8 Å². The van der Waals surface area contributed by atoms with E-state index in [4.69, 9.17) is 44.0 Å². The lowest BCUT2D eigenvalue weighted by atomic mass is 10.1. The molecule has 0 bridgehead atoms. The van der Waals surface area contributed by atoms with Crippen molar-refractivity contribution in [3.05, 3.63) is 48.0 Å². The van der Waals surface area contributed by atoms with Gasteiger partial charge in [-0.2, -0.15) is 0 Å².